The molecular weight excluding hydrogens is 278 g/mol. The van der Waals surface area contributed by atoms with Crippen molar-refractivity contribution < 1.29 is 14.6 Å². The van der Waals surface area contributed by atoms with Gasteiger partial charge in [-0.05, 0) is 38.3 Å². The summed E-state index contributed by atoms with van der Waals surface area (Å²) in [7, 11) is 0. The molecule has 4 nitrogen and oxygen atoms in total. The molecule has 0 aromatic heterocycles. The van der Waals surface area contributed by atoms with Gasteiger partial charge >= 0.3 is 0 Å². The van der Waals surface area contributed by atoms with E-state index in [1.165, 1.54) is 5.56 Å². The smallest absolute Gasteiger partial charge is 0.228 e. The molecule has 1 heterocycles. The molecule has 3 rings (SSSR count). The third-order valence-electron chi connectivity index (χ3n) is 4.87. The summed E-state index contributed by atoms with van der Waals surface area (Å²) >= 11 is 0. The Labute approximate surface area is 132 Å². The van der Waals surface area contributed by atoms with Crippen LogP contribution in [0, 0.1) is 12.8 Å². The molecule has 1 aliphatic heterocycles. The van der Waals surface area contributed by atoms with Gasteiger partial charge in [-0.3, -0.25) is 4.79 Å². The van der Waals surface area contributed by atoms with E-state index in [0.717, 1.165) is 50.9 Å². The Morgan fingerprint density at radius 1 is 1.14 bits per heavy atom. The number of hydrogen-bond donors (Lipinski definition) is 1. The summed E-state index contributed by atoms with van der Waals surface area (Å²) in [5.74, 6) is 0.870. The number of aliphatic hydroxyl groups is 1. The van der Waals surface area contributed by atoms with Crippen LogP contribution >= 0.6 is 0 Å². The van der Waals surface area contributed by atoms with Gasteiger partial charge in [0.15, 0.2) is 0 Å². The highest BCUT2D eigenvalue weighted by molar-refractivity contribution is 5.79. The van der Waals surface area contributed by atoms with E-state index in [4.69, 9.17) is 4.74 Å². The molecule has 1 saturated heterocycles. The van der Waals surface area contributed by atoms with E-state index in [2.05, 4.69) is 19.1 Å². The fourth-order valence-corrected chi connectivity index (χ4v) is 3.47. The number of aliphatic hydroxyl groups excluding tert-OH is 1. The highest BCUT2D eigenvalue weighted by Crippen LogP contribution is 2.29. The van der Waals surface area contributed by atoms with Crippen LogP contribution < -0.4 is 4.74 Å². The largest absolute Gasteiger partial charge is 0.490 e. The van der Waals surface area contributed by atoms with Crippen LogP contribution in [-0.2, 0) is 4.79 Å². The van der Waals surface area contributed by atoms with Crippen molar-refractivity contribution in [3.05, 3.63) is 29.8 Å². The number of amides is 1. The van der Waals surface area contributed by atoms with Gasteiger partial charge in [0.2, 0.25) is 5.91 Å². The van der Waals surface area contributed by atoms with Gasteiger partial charge < -0.3 is 14.7 Å². The second kappa shape index (κ2) is 6.69. The highest BCUT2D eigenvalue weighted by atomic mass is 16.5. The number of benzene rings is 1. The van der Waals surface area contributed by atoms with E-state index in [1.54, 1.807) is 0 Å². The molecule has 2 aliphatic rings. The summed E-state index contributed by atoms with van der Waals surface area (Å²) in [6, 6.07) is 8.11. The van der Waals surface area contributed by atoms with Crippen molar-refractivity contribution in [3.63, 3.8) is 0 Å². The van der Waals surface area contributed by atoms with E-state index < -0.39 is 6.10 Å². The third-order valence-corrected chi connectivity index (χ3v) is 4.87. The minimum atomic E-state index is -0.436. The first-order chi connectivity index (χ1) is 10.6. The lowest BCUT2D eigenvalue weighted by molar-refractivity contribution is -0.140. The number of hydrogen-bond acceptors (Lipinski definition) is 3. The fourth-order valence-electron chi connectivity index (χ4n) is 3.47. The van der Waals surface area contributed by atoms with Gasteiger partial charge in [0, 0.05) is 25.9 Å². The zero-order valence-electron chi connectivity index (χ0n) is 13.2. The summed E-state index contributed by atoms with van der Waals surface area (Å²) in [6.07, 6.45) is 4.04. The standard InChI is InChI=1S/C18H25NO3/c1-13-5-7-14(8-6-13)22-15-9-11-19(12-10-15)18(21)16-3-2-4-17(16)20/h5-8,15-17,20H,2-4,9-12H2,1H3. The average Bonchev–Trinajstić information content (AvgIpc) is 2.96. The van der Waals surface area contributed by atoms with Crippen molar-refractivity contribution in [2.75, 3.05) is 13.1 Å². The van der Waals surface area contributed by atoms with Crippen molar-refractivity contribution in [2.24, 2.45) is 5.92 Å². The van der Waals surface area contributed by atoms with Crippen LogP contribution in [0.15, 0.2) is 24.3 Å². The maximum atomic E-state index is 12.4. The van der Waals surface area contributed by atoms with Gasteiger partial charge in [0.1, 0.15) is 11.9 Å². The van der Waals surface area contributed by atoms with Gasteiger partial charge in [0.25, 0.3) is 0 Å². The number of carbonyl (C=O) groups excluding carboxylic acids is 1. The molecule has 120 valence electrons. The number of likely N-dealkylation sites (tertiary alicyclic amines) is 1. The molecular formula is C18H25NO3. The summed E-state index contributed by atoms with van der Waals surface area (Å²) in [4.78, 5) is 14.3. The third kappa shape index (κ3) is 3.43. The van der Waals surface area contributed by atoms with Crippen LogP contribution in [0.5, 0.6) is 5.75 Å². The fraction of sp³-hybridized carbons (Fsp3) is 0.611. The van der Waals surface area contributed by atoms with Crippen molar-refractivity contribution in [3.8, 4) is 5.75 Å². The second-order valence-electron chi connectivity index (χ2n) is 6.56. The number of carbonyl (C=O) groups is 1. The van der Waals surface area contributed by atoms with Gasteiger partial charge in [-0.25, -0.2) is 0 Å². The lowest BCUT2D eigenvalue weighted by Crippen LogP contribution is -2.45. The Morgan fingerprint density at radius 2 is 1.82 bits per heavy atom. The first-order valence-corrected chi connectivity index (χ1v) is 8.33. The summed E-state index contributed by atoms with van der Waals surface area (Å²) in [5.41, 5.74) is 1.22. The average molecular weight is 303 g/mol. The summed E-state index contributed by atoms with van der Waals surface area (Å²) < 4.78 is 6.00. The number of aryl methyl sites for hydroxylation is 1. The van der Waals surface area contributed by atoms with Crippen LogP contribution in [-0.4, -0.2) is 41.2 Å². The number of rotatable bonds is 3. The molecule has 1 amide bonds. The van der Waals surface area contributed by atoms with Gasteiger partial charge in [0.05, 0.1) is 12.0 Å². The summed E-state index contributed by atoms with van der Waals surface area (Å²) in [6.45, 7) is 3.53. The molecule has 1 saturated carbocycles. The normalized spacial score (nSPS) is 26.2. The quantitative estimate of drug-likeness (QED) is 0.933. The van der Waals surface area contributed by atoms with Crippen LogP contribution in [0.25, 0.3) is 0 Å². The Balaban J connectivity index is 1.49. The van der Waals surface area contributed by atoms with Crippen molar-refractivity contribution in [2.45, 2.75) is 51.2 Å². The Morgan fingerprint density at radius 3 is 2.41 bits per heavy atom. The van der Waals surface area contributed by atoms with Crippen LogP contribution in [0.1, 0.15) is 37.7 Å². The van der Waals surface area contributed by atoms with Crippen molar-refractivity contribution >= 4 is 5.91 Å². The van der Waals surface area contributed by atoms with Gasteiger partial charge in [-0.2, -0.15) is 0 Å². The zero-order valence-corrected chi connectivity index (χ0v) is 13.2. The molecule has 0 radical (unpaired) electrons. The zero-order chi connectivity index (χ0) is 15.5. The summed E-state index contributed by atoms with van der Waals surface area (Å²) in [5, 5.41) is 9.89. The maximum Gasteiger partial charge on any atom is 0.228 e. The Bertz CT molecular complexity index is 506. The first kappa shape index (κ1) is 15.3. The first-order valence-electron chi connectivity index (χ1n) is 8.33. The predicted molar refractivity (Wildman–Crippen MR) is 84.8 cm³/mol. The maximum absolute atomic E-state index is 12.4. The van der Waals surface area contributed by atoms with E-state index in [-0.39, 0.29) is 17.9 Å². The molecule has 1 aromatic carbocycles. The lowest BCUT2D eigenvalue weighted by Gasteiger charge is -2.34. The molecule has 2 unspecified atom stereocenters. The van der Waals surface area contributed by atoms with E-state index in [0.29, 0.717) is 0 Å². The second-order valence-corrected chi connectivity index (χ2v) is 6.56. The highest BCUT2D eigenvalue weighted by Gasteiger charge is 2.35. The van der Waals surface area contributed by atoms with E-state index in [9.17, 15) is 9.90 Å². The SMILES string of the molecule is Cc1ccc(OC2CCN(C(=O)C3CCCC3O)CC2)cc1. The topological polar surface area (TPSA) is 49.8 Å². The molecule has 22 heavy (non-hydrogen) atoms. The van der Waals surface area contributed by atoms with Crippen LogP contribution in [0.2, 0.25) is 0 Å². The molecule has 2 atom stereocenters. The molecule has 0 spiro atoms. The van der Waals surface area contributed by atoms with E-state index in [1.807, 2.05) is 17.0 Å². The molecule has 0 bridgehead atoms. The van der Waals surface area contributed by atoms with Gasteiger partial charge in [-0.15, -0.1) is 0 Å². The van der Waals surface area contributed by atoms with Crippen molar-refractivity contribution in [1.82, 2.24) is 4.90 Å². The van der Waals surface area contributed by atoms with Crippen molar-refractivity contribution in [1.29, 1.82) is 0 Å². The van der Waals surface area contributed by atoms with E-state index >= 15 is 0 Å². The lowest BCUT2D eigenvalue weighted by atomic mass is 10.0. The molecule has 1 aliphatic carbocycles. The molecule has 4 heteroatoms. The number of piperidine rings is 1. The number of nitrogens with zero attached hydrogens (tertiary/aromatic N) is 1. The Hall–Kier alpha value is -1.55. The molecule has 2 fully saturated rings. The number of ether oxygens (including phenoxy) is 1. The molecule has 1 N–H and O–H groups in total. The molecule has 1 aromatic rings. The Kier molecular flexibility index (Phi) is 4.67. The monoisotopic (exact) mass is 303 g/mol. The van der Waals surface area contributed by atoms with Gasteiger partial charge in [-0.1, -0.05) is 17.7 Å². The minimum Gasteiger partial charge on any atom is -0.490 e. The van der Waals surface area contributed by atoms with Crippen LogP contribution in [0.3, 0.4) is 0 Å². The minimum absolute atomic E-state index is 0.138. The predicted octanol–water partition coefficient (Wildman–Crippen LogP) is 2.53. The van der Waals surface area contributed by atoms with Crippen LogP contribution in [0.4, 0.5) is 0 Å².